The molecule has 0 N–H and O–H groups in total. The second-order valence-corrected chi connectivity index (χ2v) is 3.15. The zero-order chi connectivity index (χ0) is 8.97. The summed E-state index contributed by atoms with van der Waals surface area (Å²) in [7, 11) is 1.70. The SMILES string of the molecule is COCCn1ccc(C(C)C)n1. The average Bonchev–Trinajstić information content (AvgIpc) is 2.48. The molecule has 1 heterocycles. The molecule has 0 aromatic carbocycles. The monoisotopic (exact) mass is 168 g/mol. The van der Waals surface area contributed by atoms with Crippen LogP contribution >= 0.6 is 0 Å². The van der Waals surface area contributed by atoms with E-state index in [0.29, 0.717) is 5.92 Å². The van der Waals surface area contributed by atoms with Crippen LogP contribution in [-0.4, -0.2) is 23.5 Å². The van der Waals surface area contributed by atoms with Gasteiger partial charge in [-0.05, 0) is 12.0 Å². The summed E-state index contributed by atoms with van der Waals surface area (Å²) in [6.07, 6.45) is 1.99. The van der Waals surface area contributed by atoms with Gasteiger partial charge in [0.25, 0.3) is 0 Å². The number of nitrogens with zero attached hydrogens (tertiary/aromatic N) is 2. The molecule has 12 heavy (non-hydrogen) atoms. The first-order valence-electron chi connectivity index (χ1n) is 4.26. The van der Waals surface area contributed by atoms with Crippen LogP contribution in [0.3, 0.4) is 0 Å². The second-order valence-electron chi connectivity index (χ2n) is 3.15. The number of rotatable bonds is 4. The van der Waals surface area contributed by atoms with Crippen LogP contribution in [0.15, 0.2) is 12.3 Å². The van der Waals surface area contributed by atoms with Gasteiger partial charge in [0.2, 0.25) is 0 Å². The zero-order valence-corrected chi connectivity index (χ0v) is 7.95. The molecule has 0 atom stereocenters. The maximum absolute atomic E-state index is 4.95. The summed E-state index contributed by atoms with van der Waals surface area (Å²) in [5.41, 5.74) is 1.14. The molecule has 0 fully saturated rings. The lowest BCUT2D eigenvalue weighted by atomic mass is 10.1. The van der Waals surface area contributed by atoms with Gasteiger partial charge < -0.3 is 4.74 Å². The molecule has 0 radical (unpaired) electrons. The Bertz CT molecular complexity index is 230. The van der Waals surface area contributed by atoms with Gasteiger partial charge in [0.05, 0.1) is 18.8 Å². The van der Waals surface area contributed by atoms with E-state index in [9.17, 15) is 0 Å². The van der Waals surface area contributed by atoms with Crippen LogP contribution in [0.5, 0.6) is 0 Å². The van der Waals surface area contributed by atoms with Crippen LogP contribution < -0.4 is 0 Å². The molecule has 3 nitrogen and oxygen atoms in total. The lowest BCUT2D eigenvalue weighted by Gasteiger charge is -2.00. The van der Waals surface area contributed by atoms with Gasteiger partial charge in [0.15, 0.2) is 0 Å². The van der Waals surface area contributed by atoms with Gasteiger partial charge in [-0.25, -0.2) is 0 Å². The lowest BCUT2D eigenvalue weighted by molar-refractivity contribution is 0.183. The van der Waals surface area contributed by atoms with Gasteiger partial charge in [-0.1, -0.05) is 13.8 Å². The molecule has 0 amide bonds. The molecule has 0 saturated heterocycles. The van der Waals surface area contributed by atoms with Crippen LogP contribution in [0, 0.1) is 0 Å². The summed E-state index contributed by atoms with van der Waals surface area (Å²) in [6, 6.07) is 2.06. The first-order valence-corrected chi connectivity index (χ1v) is 4.26. The molecule has 0 saturated carbocycles. The van der Waals surface area contributed by atoms with Crippen molar-refractivity contribution in [3.8, 4) is 0 Å². The number of aromatic nitrogens is 2. The van der Waals surface area contributed by atoms with Crippen LogP contribution in [0.25, 0.3) is 0 Å². The molecule has 0 spiro atoms. The topological polar surface area (TPSA) is 27.1 Å². The summed E-state index contributed by atoms with van der Waals surface area (Å²) in [6.45, 7) is 5.84. The minimum atomic E-state index is 0.508. The molecule has 0 aliphatic carbocycles. The lowest BCUT2D eigenvalue weighted by Crippen LogP contribution is -2.05. The molecule has 1 rings (SSSR count). The highest BCUT2D eigenvalue weighted by Crippen LogP contribution is 2.09. The van der Waals surface area contributed by atoms with Gasteiger partial charge >= 0.3 is 0 Å². The number of hydrogen-bond donors (Lipinski definition) is 0. The standard InChI is InChI=1S/C9H16N2O/c1-8(2)9-4-5-11(10-9)6-7-12-3/h4-5,8H,6-7H2,1-3H3. The highest BCUT2D eigenvalue weighted by Gasteiger charge is 2.02. The molecule has 3 heteroatoms. The van der Waals surface area contributed by atoms with Gasteiger partial charge in [0.1, 0.15) is 0 Å². The third-order valence-electron chi connectivity index (χ3n) is 1.78. The van der Waals surface area contributed by atoms with Crippen molar-refractivity contribution in [3.63, 3.8) is 0 Å². The summed E-state index contributed by atoms with van der Waals surface area (Å²) < 4.78 is 6.87. The Hall–Kier alpha value is -0.830. The maximum atomic E-state index is 4.95. The molecular formula is C9H16N2O. The van der Waals surface area contributed by atoms with E-state index in [1.54, 1.807) is 7.11 Å². The van der Waals surface area contributed by atoms with Crippen molar-refractivity contribution >= 4 is 0 Å². The van der Waals surface area contributed by atoms with Gasteiger partial charge in [-0.2, -0.15) is 5.10 Å². The van der Waals surface area contributed by atoms with E-state index >= 15 is 0 Å². The summed E-state index contributed by atoms with van der Waals surface area (Å²) >= 11 is 0. The van der Waals surface area contributed by atoms with E-state index in [2.05, 4.69) is 25.0 Å². The number of ether oxygens (including phenoxy) is 1. The molecule has 1 aromatic rings. The molecule has 0 aliphatic heterocycles. The molecule has 0 bridgehead atoms. The smallest absolute Gasteiger partial charge is 0.0658 e. The normalized spacial score (nSPS) is 11.0. The van der Waals surface area contributed by atoms with Gasteiger partial charge in [0, 0.05) is 13.3 Å². The van der Waals surface area contributed by atoms with E-state index in [-0.39, 0.29) is 0 Å². The largest absolute Gasteiger partial charge is 0.383 e. The van der Waals surface area contributed by atoms with Crippen molar-refractivity contribution in [1.29, 1.82) is 0 Å². The van der Waals surface area contributed by atoms with Crippen LogP contribution in [0.2, 0.25) is 0 Å². The van der Waals surface area contributed by atoms with Crippen LogP contribution in [0.1, 0.15) is 25.5 Å². The van der Waals surface area contributed by atoms with E-state index in [4.69, 9.17) is 4.74 Å². The van der Waals surface area contributed by atoms with Crippen molar-refractivity contribution in [1.82, 2.24) is 9.78 Å². The van der Waals surface area contributed by atoms with Crippen molar-refractivity contribution < 1.29 is 4.74 Å². The fourth-order valence-electron chi connectivity index (χ4n) is 0.995. The third kappa shape index (κ3) is 2.34. The van der Waals surface area contributed by atoms with Crippen molar-refractivity contribution in [2.75, 3.05) is 13.7 Å². The molecule has 0 aliphatic rings. The predicted octanol–water partition coefficient (Wildman–Crippen LogP) is 1.65. The van der Waals surface area contributed by atoms with Gasteiger partial charge in [-0.3, -0.25) is 4.68 Å². The van der Waals surface area contributed by atoms with E-state index in [0.717, 1.165) is 18.8 Å². The molecule has 0 unspecified atom stereocenters. The third-order valence-corrected chi connectivity index (χ3v) is 1.78. The first-order chi connectivity index (χ1) is 5.74. The summed E-state index contributed by atoms with van der Waals surface area (Å²) in [5, 5.41) is 4.38. The second kappa shape index (κ2) is 4.26. The molecule has 68 valence electrons. The fraction of sp³-hybridized carbons (Fsp3) is 0.667. The first kappa shape index (κ1) is 9.26. The van der Waals surface area contributed by atoms with Crippen molar-refractivity contribution in [3.05, 3.63) is 18.0 Å². The highest BCUT2D eigenvalue weighted by molar-refractivity contribution is 5.03. The molecule has 1 aromatic heterocycles. The Balaban J connectivity index is 2.52. The fourth-order valence-corrected chi connectivity index (χ4v) is 0.995. The van der Waals surface area contributed by atoms with E-state index < -0.39 is 0 Å². The molecular weight excluding hydrogens is 152 g/mol. The van der Waals surface area contributed by atoms with Crippen molar-refractivity contribution in [2.24, 2.45) is 0 Å². The minimum absolute atomic E-state index is 0.508. The number of hydrogen-bond acceptors (Lipinski definition) is 2. The van der Waals surface area contributed by atoms with Crippen LogP contribution in [-0.2, 0) is 11.3 Å². The highest BCUT2D eigenvalue weighted by atomic mass is 16.5. The Morgan fingerprint density at radius 1 is 1.58 bits per heavy atom. The Morgan fingerprint density at radius 3 is 2.83 bits per heavy atom. The average molecular weight is 168 g/mol. The summed E-state index contributed by atoms with van der Waals surface area (Å²) in [5.74, 6) is 0.508. The van der Waals surface area contributed by atoms with Crippen LogP contribution in [0.4, 0.5) is 0 Å². The van der Waals surface area contributed by atoms with Crippen molar-refractivity contribution in [2.45, 2.75) is 26.3 Å². The Morgan fingerprint density at radius 2 is 2.33 bits per heavy atom. The predicted molar refractivity (Wildman–Crippen MR) is 48.2 cm³/mol. The summed E-state index contributed by atoms with van der Waals surface area (Å²) in [4.78, 5) is 0. The quantitative estimate of drug-likeness (QED) is 0.683. The number of methoxy groups -OCH3 is 1. The zero-order valence-electron chi connectivity index (χ0n) is 7.95. The Kier molecular flexibility index (Phi) is 3.29. The van der Waals surface area contributed by atoms with Gasteiger partial charge in [-0.15, -0.1) is 0 Å². The van der Waals surface area contributed by atoms with E-state index in [1.807, 2.05) is 10.9 Å². The minimum Gasteiger partial charge on any atom is -0.383 e. The van der Waals surface area contributed by atoms with E-state index in [1.165, 1.54) is 0 Å². The Labute approximate surface area is 73.3 Å². The maximum Gasteiger partial charge on any atom is 0.0658 e.